The second-order valence-corrected chi connectivity index (χ2v) is 4.80. The van der Waals surface area contributed by atoms with E-state index in [1.165, 1.54) is 0 Å². The summed E-state index contributed by atoms with van der Waals surface area (Å²) in [7, 11) is 5.49. The van der Waals surface area contributed by atoms with Gasteiger partial charge >= 0.3 is 0 Å². The molecule has 1 rings (SSSR count). The predicted octanol–water partition coefficient (Wildman–Crippen LogP) is 2.50. The van der Waals surface area contributed by atoms with Crippen LogP contribution >= 0.6 is 0 Å². The molecule has 19 heavy (non-hydrogen) atoms. The summed E-state index contributed by atoms with van der Waals surface area (Å²) in [6.07, 6.45) is 2.11. The number of benzene rings is 1. The van der Waals surface area contributed by atoms with Crippen molar-refractivity contribution in [3.05, 3.63) is 17.2 Å². The Bertz CT molecular complexity index is 419. The molecule has 0 unspecified atom stereocenters. The molecule has 1 aromatic carbocycles. The van der Waals surface area contributed by atoms with Gasteiger partial charge in [-0.1, -0.05) is 0 Å². The Morgan fingerprint density at radius 1 is 1.11 bits per heavy atom. The number of unbranched alkanes of at least 4 members (excludes halogenated alkanes) is 1. The SMILES string of the molecule is COc1cc(N(C)CCCCN)c(OC)c(C)c1C. The van der Waals surface area contributed by atoms with E-state index in [-0.39, 0.29) is 0 Å². The molecule has 0 aliphatic rings. The van der Waals surface area contributed by atoms with Gasteiger partial charge in [0.05, 0.1) is 19.9 Å². The smallest absolute Gasteiger partial charge is 0.145 e. The fourth-order valence-corrected chi connectivity index (χ4v) is 2.21. The Hall–Kier alpha value is -1.42. The summed E-state index contributed by atoms with van der Waals surface area (Å²) >= 11 is 0. The minimum Gasteiger partial charge on any atom is -0.496 e. The van der Waals surface area contributed by atoms with Crippen molar-refractivity contribution < 1.29 is 9.47 Å². The standard InChI is InChI=1S/C15H26N2O2/c1-11-12(2)15(19-5)13(10-14(11)18-4)17(3)9-7-6-8-16/h10H,6-9,16H2,1-5H3. The summed E-state index contributed by atoms with van der Waals surface area (Å²) in [5.74, 6) is 1.83. The third-order valence-electron chi connectivity index (χ3n) is 3.56. The van der Waals surface area contributed by atoms with Gasteiger partial charge in [-0.15, -0.1) is 0 Å². The average molecular weight is 266 g/mol. The summed E-state index contributed by atoms with van der Waals surface area (Å²) < 4.78 is 11.0. The van der Waals surface area contributed by atoms with E-state index in [0.29, 0.717) is 0 Å². The Balaban J connectivity index is 3.07. The Morgan fingerprint density at radius 3 is 2.32 bits per heavy atom. The number of rotatable bonds is 7. The van der Waals surface area contributed by atoms with E-state index in [4.69, 9.17) is 15.2 Å². The number of hydrogen-bond donors (Lipinski definition) is 1. The van der Waals surface area contributed by atoms with Gasteiger partial charge in [-0.25, -0.2) is 0 Å². The van der Waals surface area contributed by atoms with Gasteiger partial charge in [0.25, 0.3) is 0 Å². The van der Waals surface area contributed by atoms with Crippen LogP contribution < -0.4 is 20.1 Å². The molecular weight excluding hydrogens is 240 g/mol. The number of hydrogen-bond acceptors (Lipinski definition) is 4. The highest BCUT2D eigenvalue weighted by Crippen LogP contribution is 2.38. The number of nitrogens with zero attached hydrogens (tertiary/aromatic N) is 1. The van der Waals surface area contributed by atoms with Crippen LogP contribution in [0.1, 0.15) is 24.0 Å². The maximum absolute atomic E-state index is 5.56. The first-order valence-electron chi connectivity index (χ1n) is 6.70. The van der Waals surface area contributed by atoms with Crippen LogP contribution in [-0.4, -0.2) is 34.4 Å². The van der Waals surface area contributed by atoms with Crippen molar-refractivity contribution in [2.24, 2.45) is 5.73 Å². The van der Waals surface area contributed by atoms with Crippen molar-refractivity contribution in [3.8, 4) is 11.5 Å². The highest BCUT2D eigenvalue weighted by atomic mass is 16.5. The molecular formula is C15H26N2O2. The molecule has 0 saturated heterocycles. The first kappa shape index (κ1) is 15.6. The van der Waals surface area contributed by atoms with Gasteiger partial charge in [0, 0.05) is 19.7 Å². The molecule has 108 valence electrons. The maximum Gasteiger partial charge on any atom is 0.145 e. The van der Waals surface area contributed by atoms with Crippen LogP contribution in [0.3, 0.4) is 0 Å². The minimum absolute atomic E-state index is 0.737. The van der Waals surface area contributed by atoms with E-state index in [0.717, 1.165) is 54.2 Å². The molecule has 2 N–H and O–H groups in total. The number of ether oxygens (including phenoxy) is 2. The lowest BCUT2D eigenvalue weighted by molar-refractivity contribution is 0.398. The van der Waals surface area contributed by atoms with Crippen LogP contribution in [0.2, 0.25) is 0 Å². The van der Waals surface area contributed by atoms with Crippen molar-refractivity contribution in [2.45, 2.75) is 26.7 Å². The number of nitrogens with two attached hydrogens (primary N) is 1. The van der Waals surface area contributed by atoms with E-state index in [9.17, 15) is 0 Å². The first-order valence-corrected chi connectivity index (χ1v) is 6.70. The molecule has 0 bridgehead atoms. The van der Waals surface area contributed by atoms with Gasteiger partial charge in [0.1, 0.15) is 11.5 Å². The number of anilines is 1. The fraction of sp³-hybridized carbons (Fsp3) is 0.600. The van der Waals surface area contributed by atoms with E-state index >= 15 is 0 Å². The molecule has 0 heterocycles. The van der Waals surface area contributed by atoms with E-state index in [2.05, 4.69) is 25.8 Å². The molecule has 0 atom stereocenters. The van der Waals surface area contributed by atoms with Crippen LogP contribution in [0.15, 0.2) is 6.07 Å². The van der Waals surface area contributed by atoms with E-state index in [1.54, 1.807) is 14.2 Å². The normalized spacial score (nSPS) is 10.4. The van der Waals surface area contributed by atoms with Crippen LogP contribution in [0.4, 0.5) is 5.69 Å². The second-order valence-electron chi connectivity index (χ2n) is 4.80. The predicted molar refractivity (Wildman–Crippen MR) is 80.6 cm³/mol. The molecule has 0 fully saturated rings. The van der Waals surface area contributed by atoms with Gasteiger partial charge < -0.3 is 20.1 Å². The molecule has 0 aromatic heterocycles. The largest absolute Gasteiger partial charge is 0.496 e. The van der Waals surface area contributed by atoms with Crippen molar-refractivity contribution >= 4 is 5.69 Å². The molecule has 4 heteroatoms. The number of methoxy groups -OCH3 is 2. The van der Waals surface area contributed by atoms with Crippen LogP contribution in [0, 0.1) is 13.8 Å². The van der Waals surface area contributed by atoms with E-state index in [1.807, 2.05) is 6.07 Å². The maximum atomic E-state index is 5.56. The monoisotopic (exact) mass is 266 g/mol. The minimum atomic E-state index is 0.737. The summed E-state index contributed by atoms with van der Waals surface area (Å²) in [6, 6.07) is 2.05. The second kappa shape index (κ2) is 7.24. The fourth-order valence-electron chi connectivity index (χ4n) is 2.21. The van der Waals surface area contributed by atoms with Crippen molar-refractivity contribution in [2.75, 3.05) is 39.3 Å². The topological polar surface area (TPSA) is 47.7 Å². The lowest BCUT2D eigenvalue weighted by atomic mass is 10.1. The zero-order valence-electron chi connectivity index (χ0n) is 12.7. The van der Waals surface area contributed by atoms with Gasteiger partial charge in [0.2, 0.25) is 0 Å². The molecule has 0 radical (unpaired) electrons. The third kappa shape index (κ3) is 3.53. The Morgan fingerprint density at radius 2 is 1.79 bits per heavy atom. The van der Waals surface area contributed by atoms with E-state index < -0.39 is 0 Å². The highest BCUT2D eigenvalue weighted by Gasteiger charge is 2.16. The van der Waals surface area contributed by atoms with Crippen molar-refractivity contribution in [1.29, 1.82) is 0 Å². The molecule has 0 spiro atoms. The average Bonchev–Trinajstić information content (AvgIpc) is 2.41. The lowest BCUT2D eigenvalue weighted by Crippen LogP contribution is -2.20. The molecule has 4 nitrogen and oxygen atoms in total. The van der Waals surface area contributed by atoms with Crippen LogP contribution in [0.25, 0.3) is 0 Å². The highest BCUT2D eigenvalue weighted by molar-refractivity contribution is 5.67. The Labute approximate surface area is 116 Å². The zero-order valence-corrected chi connectivity index (χ0v) is 12.7. The first-order chi connectivity index (χ1) is 9.06. The third-order valence-corrected chi connectivity index (χ3v) is 3.56. The van der Waals surface area contributed by atoms with Crippen LogP contribution in [-0.2, 0) is 0 Å². The van der Waals surface area contributed by atoms with Gasteiger partial charge in [0.15, 0.2) is 0 Å². The summed E-state index contributed by atoms with van der Waals surface area (Å²) in [5, 5.41) is 0. The zero-order chi connectivity index (χ0) is 14.4. The summed E-state index contributed by atoms with van der Waals surface area (Å²) in [4.78, 5) is 2.20. The quantitative estimate of drug-likeness (QED) is 0.770. The van der Waals surface area contributed by atoms with Crippen molar-refractivity contribution in [3.63, 3.8) is 0 Å². The summed E-state index contributed by atoms with van der Waals surface area (Å²) in [5.41, 5.74) is 8.86. The van der Waals surface area contributed by atoms with Crippen molar-refractivity contribution in [1.82, 2.24) is 0 Å². The molecule has 0 aliphatic carbocycles. The van der Waals surface area contributed by atoms with Gasteiger partial charge in [-0.2, -0.15) is 0 Å². The summed E-state index contributed by atoms with van der Waals surface area (Å²) in [6.45, 7) is 5.81. The van der Waals surface area contributed by atoms with Gasteiger partial charge in [-0.05, 0) is 44.4 Å². The molecule has 0 amide bonds. The Kier molecular flexibility index (Phi) is 5.96. The van der Waals surface area contributed by atoms with Crippen LogP contribution in [0.5, 0.6) is 11.5 Å². The molecule has 1 aromatic rings. The lowest BCUT2D eigenvalue weighted by Gasteiger charge is -2.25. The van der Waals surface area contributed by atoms with Gasteiger partial charge in [-0.3, -0.25) is 0 Å². The molecule has 0 aliphatic heterocycles. The molecule has 0 saturated carbocycles.